The van der Waals surface area contributed by atoms with E-state index in [2.05, 4.69) is 69.2 Å². The highest BCUT2D eigenvalue weighted by Gasteiger charge is 2.71. The molecule has 0 heterocycles. The molecule has 4 N–H and O–H groups in total. The van der Waals surface area contributed by atoms with Gasteiger partial charge in [-0.3, -0.25) is 0 Å². The van der Waals surface area contributed by atoms with Gasteiger partial charge in [-0.15, -0.1) is 0 Å². The minimum Gasteiger partial charge on any atom is -0.465 e. The molecule has 0 saturated heterocycles. The monoisotopic (exact) mass is 663 g/mol. The molecule has 7 heteroatoms. The predicted octanol–water partition coefficient (Wildman–Crippen LogP) is 7.60. The minimum absolute atomic E-state index is 0.00243. The second kappa shape index (κ2) is 12.6. The maximum Gasteiger partial charge on any atom is 0.337 e. The first-order valence-corrected chi connectivity index (χ1v) is 19.2. The third-order valence-corrected chi connectivity index (χ3v) is 15.8. The quantitative estimate of drug-likeness (QED) is 0.262. The number of ether oxygens (including phenoxy) is 1. The molecule has 0 bridgehead atoms. The Balaban J connectivity index is 1.26. The number of hydrogen-bond donors (Lipinski definition) is 3. The van der Waals surface area contributed by atoms with Gasteiger partial charge in [0.2, 0.25) is 0 Å². The van der Waals surface area contributed by atoms with E-state index in [9.17, 15) is 9.59 Å². The maximum atomic E-state index is 13.4. The first-order valence-electron chi connectivity index (χ1n) is 19.2. The number of methoxy groups -OCH3 is 1. The largest absolute Gasteiger partial charge is 0.465 e. The molecular weight excluding hydrogens is 596 g/mol. The van der Waals surface area contributed by atoms with Crippen LogP contribution in [0.5, 0.6) is 0 Å². The molecule has 48 heavy (non-hydrogen) atoms. The summed E-state index contributed by atoms with van der Waals surface area (Å²) in [5, 5.41) is 6.81. The number of nitrogens with zero attached hydrogens (tertiary/aromatic N) is 1. The minimum atomic E-state index is -0.272. The molecule has 1 aromatic rings. The van der Waals surface area contributed by atoms with Gasteiger partial charge >= 0.3 is 12.0 Å². The van der Waals surface area contributed by atoms with Crippen molar-refractivity contribution in [3.8, 4) is 0 Å². The number of urea groups is 1. The SMILES string of the molecule is COC(=O)c1ccc(C2CC[C@]3(C)[C@H]4CC[C@@H]5[C@H]6[C@H](C(C)C)CC[C@]6(NC(=O)NCCN(C)C)CC[C@@]5(N)[C@]4(C)CC[C@H]3C2(C)C)cc1. The fourth-order valence-corrected chi connectivity index (χ4v) is 13.5. The molecule has 0 spiro atoms. The predicted molar refractivity (Wildman–Crippen MR) is 194 cm³/mol. The van der Waals surface area contributed by atoms with Gasteiger partial charge in [0.15, 0.2) is 0 Å². The standard InChI is InChI=1S/C41H66N4O3/c1-26(2)29-16-21-40(44-36(47)43-24-25-45(7)8)22-23-41(42)31(34(29)40)14-15-33-38(5)19-17-30(27-10-12-28(13-11-27)35(46)48-9)37(3,4)32(38)18-20-39(33,41)6/h10-13,26,29-34H,14-25,42H2,1-9H3,(H2,43,44,47)/t29-,30?,31+,32-,33+,34+,38-,39+,40-,41-/m0/s1. The topological polar surface area (TPSA) is 96.7 Å². The molecule has 1 aromatic carbocycles. The molecule has 1 unspecified atom stereocenters. The smallest absolute Gasteiger partial charge is 0.337 e. The van der Waals surface area contributed by atoms with E-state index in [1.54, 1.807) is 0 Å². The van der Waals surface area contributed by atoms with Crippen LogP contribution in [0.1, 0.15) is 128 Å². The van der Waals surface area contributed by atoms with E-state index in [-0.39, 0.29) is 39.3 Å². The van der Waals surface area contributed by atoms with Crippen LogP contribution in [0.25, 0.3) is 0 Å². The number of nitrogens with two attached hydrogens (primary N) is 1. The summed E-state index contributed by atoms with van der Waals surface area (Å²) in [7, 11) is 5.54. The van der Waals surface area contributed by atoms with Gasteiger partial charge in [-0.05, 0) is 154 Å². The molecule has 268 valence electrons. The lowest BCUT2D eigenvalue weighted by Gasteiger charge is -2.73. The Kier molecular flexibility index (Phi) is 9.36. The van der Waals surface area contributed by atoms with E-state index in [1.165, 1.54) is 57.6 Å². The Morgan fingerprint density at radius 2 is 1.62 bits per heavy atom. The number of esters is 1. The molecule has 10 atom stereocenters. The highest BCUT2D eigenvalue weighted by molar-refractivity contribution is 5.89. The maximum absolute atomic E-state index is 13.4. The summed E-state index contributed by atoms with van der Waals surface area (Å²) in [6.07, 6.45) is 11.5. The number of likely N-dealkylation sites (N-methyl/N-ethyl adjacent to an activating group) is 1. The first-order chi connectivity index (χ1) is 22.5. The van der Waals surface area contributed by atoms with Gasteiger partial charge in [-0.2, -0.15) is 0 Å². The van der Waals surface area contributed by atoms with Crippen molar-refractivity contribution in [1.29, 1.82) is 0 Å². The van der Waals surface area contributed by atoms with Gasteiger partial charge in [-0.25, -0.2) is 9.59 Å². The van der Waals surface area contributed by atoms with Crippen LogP contribution in [0.4, 0.5) is 4.79 Å². The number of amides is 2. The molecule has 2 amide bonds. The van der Waals surface area contributed by atoms with Crippen molar-refractivity contribution < 1.29 is 14.3 Å². The molecular formula is C41H66N4O3. The van der Waals surface area contributed by atoms with E-state index < -0.39 is 0 Å². The van der Waals surface area contributed by atoms with Gasteiger partial charge in [0.25, 0.3) is 0 Å². The lowest BCUT2D eigenvalue weighted by atomic mass is 9.34. The van der Waals surface area contributed by atoms with Gasteiger partial charge in [0, 0.05) is 24.2 Å². The number of nitrogens with one attached hydrogen (secondary N) is 2. The number of rotatable bonds is 7. The van der Waals surface area contributed by atoms with Crippen molar-refractivity contribution >= 4 is 12.0 Å². The average Bonchev–Trinajstić information content (AvgIpc) is 3.40. The number of carbonyl (C=O) groups is 2. The van der Waals surface area contributed by atoms with Crippen LogP contribution in [-0.4, -0.2) is 62.3 Å². The third-order valence-electron chi connectivity index (χ3n) is 15.8. The van der Waals surface area contributed by atoms with Crippen molar-refractivity contribution in [2.45, 2.75) is 123 Å². The average molecular weight is 663 g/mol. The second-order valence-electron chi connectivity index (χ2n) is 18.6. The third kappa shape index (κ3) is 5.43. The molecule has 5 saturated carbocycles. The highest BCUT2D eigenvalue weighted by Crippen LogP contribution is 2.74. The van der Waals surface area contributed by atoms with Gasteiger partial charge in [0.05, 0.1) is 12.7 Å². The molecule has 5 aliphatic carbocycles. The lowest BCUT2D eigenvalue weighted by Crippen LogP contribution is -2.75. The van der Waals surface area contributed by atoms with Crippen LogP contribution in [0.2, 0.25) is 0 Å². The lowest BCUT2D eigenvalue weighted by molar-refractivity contribution is -0.206. The molecule has 0 radical (unpaired) electrons. The van der Waals surface area contributed by atoms with Crippen LogP contribution in [0.15, 0.2) is 24.3 Å². The zero-order valence-electron chi connectivity index (χ0n) is 31.6. The second-order valence-corrected chi connectivity index (χ2v) is 18.6. The summed E-state index contributed by atoms with van der Waals surface area (Å²) in [5.74, 6) is 3.44. The van der Waals surface area contributed by atoms with Crippen molar-refractivity contribution in [2.75, 3.05) is 34.3 Å². The number of benzene rings is 1. The van der Waals surface area contributed by atoms with E-state index in [1.807, 2.05) is 26.2 Å². The number of fused-ring (bicyclic) bond motifs is 7. The van der Waals surface area contributed by atoms with E-state index >= 15 is 0 Å². The molecule has 0 aliphatic heterocycles. The number of hydrogen-bond acceptors (Lipinski definition) is 5. The fraction of sp³-hybridized carbons (Fsp3) is 0.805. The Hall–Kier alpha value is -2.12. The zero-order valence-corrected chi connectivity index (χ0v) is 31.6. The van der Waals surface area contributed by atoms with Crippen molar-refractivity contribution in [1.82, 2.24) is 15.5 Å². The van der Waals surface area contributed by atoms with E-state index in [0.717, 1.165) is 25.8 Å². The molecule has 7 nitrogen and oxygen atoms in total. The molecule has 5 fully saturated rings. The van der Waals surface area contributed by atoms with Crippen LogP contribution < -0.4 is 16.4 Å². The van der Waals surface area contributed by atoms with Crippen molar-refractivity contribution in [3.63, 3.8) is 0 Å². The van der Waals surface area contributed by atoms with Crippen LogP contribution in [0.3, 0.4) is 0 Å². The molecule has 6 rings (SSSR count). The summed E-state index contributed by atoms with van der Waals surface area (Å²) < 4.78 is 4.96. The first kappa shape index (κ1) is 35.7. The van der Waals surface area contributed by atoms with Crippen molar-refractivity contribution in [2.24, 2.45) is 57.5 Å². The Morgan fingerprint density at radius 3 is 2.27 bits per heavy atom. The highest BCUT2D eigenvalue weighted by atomic mass is 16.5. The summed E-state index contributed by atoms with van der Waals surface area (Å²) in [6.45, 7) is 16.6. The van der Waals surface area contributed by atoms with E-state index in [0.29, 0.717) is 53.5 Å². The van der Waals surface area contributed by atoms with Gasteiger partial charge in [0.1, 0.15) is 0 Å². The van der Waals surface area contributed by atoms with Crippen molar-refractivity contribution in [3.05, 3.63) is 35.4 Å². The van der Waals surface area contributed by atoms with Crippen LogP contribution >= 0.6 is 0 Å². The summed E-state index contributed by atoms with van der Waals surface area (Å²) >= 11 is 0. The zero-order chi connectivity index (χ0) is 34.9. The Morgan fingerprint density at radius 1 is 0.917 bits per heavy atom. The summed E-state index contributed by atoms with van der Waals surface area (Å²) in [6, 6.07) is 8.24. The van der Waals surface area contributed by atoms with Crippen LogP contribution in [-0.2, 0) is 4.74 Å². The molecule has 5 aliphatic rings. The van der Waals surface area contributed by atoms with E-state index in [4.69, 9.17) is 10.5 Å². The van der Waals surface area contributed by atoms with Gasteiger partial charge in [-0.1, -0.05) is 53.7 Å². The Labute approximate surface area is 291 Å². The normalized spacial score (nSPS) is 41.5. The Bertz CT molecular complexity index is 1360. The number of carbonyl (C=O) groups excluding carboxylic acids is 2. The summed E-state index contributed by atoms with van der Waals surface area (Å²) in [4.78, 5) is 27.6. The van der Waals surface area contributed by atoms with Crippen LogP contribution in [0, 0.1) is 51.8 Å². The summed E-state index contributed by atoms with van der Waals surface area (Å²) in [5.41, 5.74) is 10.1. The molecule has 0 aromatic heterocycles. The fourth-order valence-electron chi connectivity index (χ4n) is 13.5. The van der Waals surface area contributed by atoms with Gasteiger partial charge < -0.3 is 26.0 Å².